The summed E-state index contributed by atoms with van der Waals surface area (Å²) in [6, 6.07) is 6.60. The molecule has 2 nitrogen and oxygen atoms in total. The molecule has 3 heteroatoms. The second-order valence-electron chi connectivity index (χ2n) is 7.52. The molecule has 0 aromatic heterocycles. The fraction of sp³-hybridized carbons (Fsp3) is 0.600. The Balaban J connectivity index is 1.69. The van der Waals surface area contributed by atoms with E-state index in [1.165, 1.54) is 17.5 Å². The third-order valence-electron chi connectivity index (χ3n) is 6.85. The molecule has 2 saturated carbocycles. The summed E-state index contributed by atoms with van der Waals surface area (Å²) in [5.41, 5.74) is 4.55. The van der Waals surface area contributed by atoms with Crippen molar-refractivity contribution in [2.24, 2.45) is 17.3 Å². The highest BCUT2D eigenvalue weighted by Crippen LogP contribution is 2.61. The lowest BCUT2D eigenvalue weighted by atomic mass is 9.55. The molecular formula is C20H25ClO2. The summed E-state index contributed by atoms with van der Waals surface area (Å²) < 4.78 is 5.39. The quantitative estimate of drug-likeness (QED) is 0.854. The Hall–Kier alpha value is -0.990. The first-order chi connectivity index (χ1) is 11.2. The van der Waals surface area contributed by atoms with Crippen molar-refractivity contribution in [3.8, 4) is 5.75 Å². The molecule has 0 aliphatic heterocycles. The molecule has 124 valence electrons. The van der Waals surface area contributed by atoms with Crippen molar-refractivity contribution in [1.82, 2.24) is 0 Å². The lowest BCUT2D eigenvalue weighted by Crippen LogP contribution is -2.44. The Kier molecular flexibility index (Phi) is 3.93. The number of benzene rings is 1. The highest BCUT2D eigenvalue weighted by molar-refractivity contribution is 6.25. The molecule has 1 aromatic carbocycles. The van der Waals surface area contributed by atoms with E-state index < -0.39 is 0 Å². The van der Waals surface area contributed by atoms with E-state index in [2.05, 4.69) is 24.3 Å². The first kappa shape index (κ1) is 15.5. The number of fused-ring (bicyclic) bond motifs is 5. The van der Waals surface area contributed by atoms with Crippen LogP contribution in [-0.2, 0) is 6.42 Å². The van der Waals surface area contributed by atoms with Crippen molar-refractivity contribution < 1.29 is 9.84 Å². The second kappa shape index (κ2) is 5.82. The molecule has 1 N–H and O–H groups in total. The van der Waals surface area contributed by atoms with Gasteiger partial charge in [0, 0.05) is 11.0 Å². The fourth-order valence-electron chi connectivity index (χ4n) is 5.82. The maximum Gasteiger partial charge on any atom is 0.119 e. The first-order valence-corrected chi connectivity index (χ1v) is 9.26. The molecule has 23 heavy (non-hydrogen) atoms. The molecule has 0 unspecified atom stereocenters. The molecule has 0 saturated heterocycles. The molecule has 3 aliphatic carbocycles. The lowest BCUT2D eigenvalue weighted by Gasteiger charge is -2.50. The Bertz CT molecular complexity index is 626. The van der Waals surface area contributed by atoms with Crippen LogP contribution in [0.1, 0.15) is 49.1 Å². The molecule has 0 bridgehead atoms. The number of aryl methyl sites for hydroxylation is 1. The summed E-state index contributed by atoms with van der Waals surface area (Å²) in [6.45, 7) is 0. The predicted molar refractivity (Wildman–Crippen MR) is 92.9 cm³/mol. The van der Waals surface area contributed by atoms with Gasteiger partial charge in [0.25, 0.3) is 0 Å². The number of methoxy groups -OCH3 is 1. The average Bonchev–Trinajstić information content (AvgIpc) is 2.91. The normalized spacial score (nSPS) is 38.9. The topological polar surface area (TPSA) is 29.5 Å². The maximum absolute atomic E-state index is 10.6. The van der Waals surface area contributed by atoms with Crippen LogP contribution < -0.4 is 4.74 Å². The summed E-state index contributed by atoms with van der Waals surface area (Å²) in [4.78, 5) is 0. The van der Waals surface area contributed by atoms with E-state index in [0.29, 0.717) is 17.8 Å². The highest BCUT2D eigenvalue weighted by atomic mass is 35.5. The molecule has 5 atom stereocenters. The van der Waals surface area contributed by atoms with E-state index in [0.717, 1.165) is 37.9 Å². The van der Waals surface area contributed by atoms with E-state index in [4.69, 9.17) is 16.3 Å². The molecule has 3 aliphatic rings. The largest absolute Gasteiger partial charge is 0.497 e. The monoisotopic (exact) mass is 332 g/mol. The van der Waals surface area contributed by atoms with Crippen molar-refractivity contribution in [3.05, 3.63) is 40.9 Å². The fourth-order valence-corrected chi connectivity index (χ4v) is 6.05. The van der Waals surface area contributed by atoms with Gasteiger partial charge in [-0.25, -0.2) is 0 Å². The zero-order chi connectivity index (χ0) is 16.0. The number of aliphatic hydroxyl groups is 1. The molecule has 0 amide bonds. The zero-order valence-corrected chi connectivity index (χ0v) is 14.4. The minimum atomic E-state index is -0.222. The molecule has 1 aromatic rings. The van der Waals surface area contributed by atoms with Crippen molar-refractivity contribution in [3.63, 3.8) is 0 Å². The Morgan fingerprint density at radius 2 is 2.13 bits per heavy atom. The minimum absolute atomic E-state index is 0.0765. The molecule has 0 heterocycles. The van der Waals surface area contributed by atoms with Gasteiger partial charge in [-0.15, -0.1) is 0 Å². The van der Waals surface area contributed by atoms with Gasteiger partial charge in [-0.1, -0.05) is 23.7 Å². The maximum atomic E-state index is 10.6. The van der Waals surface area contributed by atoms with Crippen LogP contribution in [0.3, 0.4) is 0 Å². The number of ether oxygens (including phenoxy) is 1. The van der Waals surface area contributed by atoms with Gasteiger partial charge in [0.1, 0.15) is 5.75 Å². The third kappa shape index (κ3) is 2.26. The van der Waals surface area contributed by atoms with Crippen molar-refractivity contribution in [1.29, 1.82) is 0 Å². The van der Waals surface area contributed by atoms with Gasteiger partial charge in [-0.2, -0.15) is 0 Å². The van der Waals surface area contributed by atoms with Crippen molar-refractivity contribution in [2.45, 2.75) is 50.5 Å². The molecule has 4 rings (SSSR count). The van der Waals surface area contributed by atoms with Crippen LogP contribution in [0, 0.1) is 17.3 Å². The van der Waals surface area contributed by atoms with Gasteiger partial charge in [0.05, 0.1) is 13.2 Å². The summed E-state index contributed by atoms with van der Waals surface area (Å²) in [5.74, 6) is 2.85. The number of aliphatic hydroxyl groups excluding tert-OH is 1. The summed E-state index contributed by atoms with van der Waals surface area (Å²) in [7, 11) is 1.74. The number of halogens is 1. The van der Waals surface area contributed by atoms with Gasteiger partial charge in [0.2, 0.25) is 0 Å². The summed E-state index contributed by atoms with van der Waals surface area (Å²) >= 11 is 5.95. The van der Waals surface area contributed by atoms with Gasteiger partial charge in [-0.05, 0) is 79.5 Å². The van der Waals surface area contributed by atoms with Gasteiger partial charge in [-0.3, -0.25) is 0 Å². The molecule has 0 radical (unpaired) electrons. The Morgan fingerprint density at radius 3 is 2.91 bits per heavy atom. The van der Waals surface area contributed by atoms with Crippen molar-refractivity contribution in [2.75, 3.05) is 7.11 Å². The molecule has 0 spiro atoms. The van der Waals surface area contributed by atoms with Crippen LogP contribution in [0.4, 0.5) is 0 Å². The highest BCUT2D eigenvalue weighted by Gasteiger charge is 2.55. The van der Waals surface area contributed by atoms with E-state index in [1.807, 2.05) is 0 Å². The number of rotatable bonds is 2. The Morgan fingerprint density at radius 1 is 1.26 bits per heavy atom. The van der Waals surface area contributed by atoms with Crippen LogP contribution in [0.2, 0.25) is 0 Å². The molecular weight excluding hydrogens is 308 g/mol. The minimum Gasteiger partial charge on any atom is -0.497 e. The number of hydrogen-bond acceptors (Lipinski definition) is 2. The van der Waals surface area contributed by atoms with Gasteiger partial charge >= 0.3 is 0 Å². The average molecular weight is 333 g/mol. The van der Waals surface area contributed by atoms with Crippen LogP contribution in [0.25, 0.3) is 0 Å². The third-order valence-corrected chi connectivity index (χ3v) is 6.98. The lowest BCUT2D eigenvalue weighted by molar-refractivity contribution is -0.000204. The first-order valence-electron chi connectivity index (χ1n) is 8.82. The summed E-state index contributed by atoms with van der Waals surface area (Å²) in [5, 5.41) is 10.6. The van der Waals surface area contributed by atoms with Gasteiger partial charge < -0.3 is 9.84 Å². The molecule has 2 fully saturated rings. The Labute approximate surface area is 143 Å². The van der Waals surface area contributed by atoms with Crippen LogP contribution >= 0.6 is 11.6 Å². The van der Waals surface area contributed by atoms with E-state index in [9.17, 15) is 5.11 Å². The standard InChI is InChI=1S/C20H25ClO2/c1-23-14-3-5-15-13(12-14)2-4-17-16(15)8-9-20(10-11-21)18(17)6-7-19(20)22/h3,5,10-12,16-19,22H,2,4,6-9H2,1H3/t16-,17-,18+,19+,20-/m1/s1. The van der Waals surface area contributed by atoms with Crippen LogP contribution in [0.15, 0.2) is 29.8 Å². The van der Waals surface area contributed by atoms with E-state index in [-0.39, 0.29) is 11.5 Å². The second-order valence-corrected chi connectivity index (χ2v) is 7.77. The van der Waals surface area contributed by atoms with Crippen LogP contribution in [-0.4, -0.2) is 18.3 Å². The SMILES string of the molecule is COc1ccc2c(c1)CC[C@@H]1[C@@H]2CC[C@]2(C=CCl)[C@@H](O)CC[C@@H]12. The van der Waals surface area contributed by atoms with E-state index in [1.54, 1.807) is 12.6 Å². The summed E-state index contributed by atoms with van der Waals surface area (Å²) in [6.07, 6.45) is 8.49. The van der Waals surface area contributed by atoms with Crippen LogP contribution in [0.5, 0.6) is 5.75 Å². The van der Waals surface area contributed by atoms with Gasteiger partial charge in [0.15, 0.2) is 0 Å². The number of hydrogen-bond donors (Lipinski definition) is 1. The van der Waals surface area contributed by atoms with E-state index >= 15 is 0 Å². The van der Waals surface area contributed by atoms with Crippen molar-refractivity contribution >= 4 is 11.6 Å². The smallest absolute Gasteiger partial charge is 0.119 e. The predicted octanol–water partition coefficient (Wildman–Crippen LogP) is 4.64. The zero-order valence-electron chi connectivity index (χ0n) is 13.7.